The summed E-state index contributed by atoms with van der Waals surface area (Å²) < 4.78 is 0. The van der Waals surface area contributed by atoms with E-state index in [1.54, 1.807) is 0 Å². The third-order valence-corrected chi connectivity index (χ3v) is 4.52. The van der Waals surface area contributed by atoms with Crippen LogP contribution in [0.4, 0.5) is 0 Å². The van der Waals surface area contributed by atoms with E-state index in [1.807, 2.05) is 0 Å². The van der Waals surface area contributed by atoms with Gasteiger partial charge < -0.3 is 0 Å². The standard InChI is InChI=1S/C14H24O4/c1-11-5-3-7-13(9-11)15-17-14(18-16-13)8-4-6-12(2)10-14/h11-12H,3-10H2,1-2H3/t11-,12+,13?,14?. The van der Waals surface area contributed by atoms with E-state index < -0.39 is 11.6 Å². The highest BCUT2D eigenvalue weighted by Gasteiger charge is 2.51. The summed E-state index contributed by atoms with van der Waals surface area (Å²) in [5.74, 6) is -0.0942. The second kappa shape index (κ2) is 4.75. The van der Waals surface area contributed by atoms with Crippen LogP contribution in [0.25, 0.3) is 0 Å². The summed E-state index contributed by atoms with van der Waals surface area (Å²) >= 11 is 0. The molecule has 2 atom stereocenters. The van der Waals surface area contributed by atoms with Gasteiger partial charge in [-0.15, -0.1) is 0 Å². The minimum Gasteiger partial charge on any atom is -0.195 e. The zero-order valence-electron chi connectivity index (χ0n) is 11.4. The van der Waals surface area contributed by atoms with Crippen molar-refractivity contribution in [1.82, 2.24) is 0 Å². The Morgan fingerprint density at radius 1 is 0.722 bits per heavy atom. The molecule has 1 saturated heterocycles. The first-order valence-corrected chi connectivity index (χ1v) is 7.35. The maximum atomic E-state index is 5.67. The molecule has 2 spiro atoms. The van der Waals surface area contributed by atoms with Gasteiger partial charge in [-0.2, -0.15) is 19.6 Å². The van der Waals surface area contributed by atoms with Crippen molar-refractivity contribution in [2.24, 2.45) is 11.8 Å². The molecule has 0 radical (unpaired) electrons. The average Bonchev–Trinajstić information content (AvgIpc) is 2.34. The molecule has 0 N–H and O–H groups in total. The lowest BCUT2D eigenvalue weighted by molar-refractivity contribution is -0.664. The third-order valence-electron chi connectivity index (χ3n) is 4.52. The van der Waals surface area contributed by atoms with Gasteiger partial charge in [0, 0.05) is 25.7 Å². The minimum absolute atomic E-state index is 0.602. The van der Waals surface area contributed by atoms with E-state index in [2.05, 4.69) is 13.8 Å². The second-order valence-corrected chi connectivity index (χ2v) is 6.56. The molecule has 2 saturated carbocycles. The van der Waals surface area contributed by atoms with Gasteiger partial charge in [0.1, 0.15) is 0 Å². The van der Waals surface area contributed by atoms with Crippen molar-refractivity contribution in [2.45, 2.75) is 76.8 Å². The Hall–Kier alpha value is -0.160. The van der Waals surface area contributed by atoms with Crippen molar-refractivity contribution in [3.63, 3.8) is 0 Å². The zero-order chi connectivity index (χ0) is 12.6. The van der Waals surface area contributed by atoms with Crippen LogP contribution in [0, 0.1) is 11.8 Å². The van der Waals surface area contributed by atoms with Crippen molar-refractivity contribution in [3.05, 3.63) is 0 Å². The Morgan fingerprint density at radius 3 is 1.44 bits per heavy atom. The SMILES string of the molecule is C[C@@H]1CCCC2(C1)OOC1(CCC[C@H](C)C1)OO2. The average molecular weight is 256 g/mol. The lowest BCUT2D eigenvalue weighted by atomic mass is 9.85. The molecule has 18 heavy (non-hydrogen) atoms. The molecule has 0 aromatic carbocycles. The molecule has 0 amide bonds. The first-order chi connectivity index (χ1) is 8.62. The Bertz CT molecular complexity index is 266. The van der Waals surface area contributed by atoms with E-state index >= 15 is 0 Å². The van der Waals surface area contributed by atoms with Gasteiger partial charge in [-0.1, -0.05) is 26.7 Å². The van der Waals surface area contributed by atoms with Crippen LogP contribution in [0.1, 0.15) is 65.2 Å². The maximum Gasteiger partial charge on any atom is 0.234 e. The molecule has 3 fully saturated rings. The first kappa shape index (κ1) is 12.9. The fraction of sp³-hybridized carbons (Fsp3) is 1.00. The summed E-state index contributed by atoms with van der Waals surface area (Å²) in [6.45, 7) is 4.45. The number of hydrogen-bond donors (Lipinski definition) is 0. The van der Waals surface area contributed by atoms with E-state index in [4.69, 9.17) is 19.6 Å². The monoisotopic (exact) mass is 256 g/mol. The smallest absolute Gasteiger partial charge is 0.195 e. The van der Waals surface area contributed by atoms with Crippen LogP contribution >= 0.6 is 0 Å². The Morgan fingerprint density at radius 2 is 1.11 bits per heavy atom. The molecule has 0 aromatic rings. The van der Waals surface area contributed by atoms with Gasteiger partial charge in [-0.05, 0) is 24.7 Å². The van der Waals surface area contributed by atoms with Crippen LogP contribution in [-0.4, -0.2) is 11.6 Å². The molecule has 0 unspecified atom stereocenters. The van der Waals surface area contributed by atoms with Crippen LogP contribution in [0.2, 0.25) is 0 Å². The van der Waals surface area contributed by atoms with Gasteiger partial charge in [0.2, 0.25) is 11.6 Å². The maximum absolute atomic E-state index is 5.67. The second-order valence-electron chi connectivity index (χ2n) is 6.56. The molecular formula is C14H24O4. The Labute approximate surface area is 109 Å². The van der Waals surface area contributed by atoms with Crippen LogP contribution in [0.5, 0.6) is 0 Å². The van der Waals surface area contributed by atoms with E-state index in [0.717, 1.165) is 38.5 Å². The van der Waals surface area contributed by atoms with Gasteiger partial charge in [0.15, 0.2) is 0 Å². The van der Waals surface area contributed by atoms with Crippen LogP contribution in [0.3, 0.4) is 0 Å². The van der Waals surface area contributed by atoms with Crippen molar-refractivity contribution in [3.8, 4) is 0 Å². The highest BCUT2D eigenvalue weighted by atomic mass is 17.4. The summed E-state index contributed by atoms with van der Waals surface area (Å²) in [6.07, 6.45) is 8.13. The summed E-state index contributed by atoms with van der Waals surface area (Å²) in [6, 6.07) is 0. The molecule has 4 heteroatoms. The van der Waals surface area contributed by atoms with Crippen molar-refractivity contribution in [1.29, 1.82) is 0 Å². The van der Waals surface area contributed by atoms with Gasteiger partial charge >= 0.3 is 0 Å². The van der Waals surface area contributed by atoms with Crippen molar-refractivity contribution < 1.29 is 19.6 Å². The largest absolute Gasteiger partial charge is 0.234 e. The minimum atomic E-state index is -0.649. The lowest BCUT2D eigenvalue weighted by Gasteiger charge is -2.47. The molecule has 4 nitrogen and oxygen atoms in total. The normalized spacial score (nSPS) is 49.7. The predicted molar refractivity (Wildman–Crippen MR) is 65.1 cm³/mol. The summed E-state index contributed by atoms with van der Waals surface area (Å²) in [4.78, 5) is 22.7. The van der Waals surface area contributed by atoms with Crippen molar-refractivity contribution in [2.75, 3.05) is 0 Å². The molecule has 2 aliphatic carbocycles. The van der Waals surface area contributed by atoms with Gasteiger partial charge in [-0.3, -0.25) is 0 Å². The van der Waals surface area contributed by atoms with E-state index in [1.165, 1.54) is 12.8 Å². The topological polar surface area (TPSA) is 36.9 Å². The Kier molecular flexibility index (Phi) is 3.39. The predicted octanol–water partition coefficient (Wildman–Crippen LogP) is 3.71. The lowest BCUT2D eigenvalue weighted by Crippen LogP contribution is -2.53. The summed E-state index contributed by atoms with van der Waals surface area (Å²) in [5.41, 5.74) is 0. The fourth-order valence-corrected chi connectivity index (χ4v) is 3.54. The number of rotatable bonds is 0. The first-order valence-electron chi connectivity index (χ1n) is 7.35. The zero-order valence-corrected chi connectivity index (χ0v) is 11.4. The van der Waals surface area contributed by atoms with Crippen LogP contribution < -0.4 is 0 Å². The molecule has 0 bridgehead atoms. The quantitative estimate of drug-likeness (QED) is 0.619. The molecular weight excluding hydrogens is 232 g/mol. The van der Waals surface area contributed by atoms with Crippen molar-refractivity contribution >= 4 is 0 Å². The van der Waals surface area contributed by atoms with Crippen LogP contribution in [-0.2, 0) is 19.6 Å². The van der Waals surface area contributed by atoms with E-state index in [0.29, 0.717) is 11.8 Å². The molecule has 1 heterocycles. The molecule has 0 aromatic heterocycles. The number of hydrogen-bond acceptors (Lipinski definition) is 4. The molecule has 1 aliphatic heterocycles. The highest BCUT2D eigenvalue weighted by Crippen LogP contribution is 2.46. The molecule has 3 rings (SSSR count). The summed E-state index contributed by atoms with van der Waals surface area (Å²) in [7, 11) is 0. The molecule has 3 aliphatic rings. The Balaban J connectivity index is 1.63. The van der Waals surface area contributed by atoms with Gasteiger partial charge in [-0.25, -0.2) is 0 Å². The van der Waals surface area contributed by atoms with Crippen LogP contribution in [0.15, 0.2) is 0 Å². The molecule has 104 valence electrons. The third kappa shape index (κ3) is 2.44. The van der Waals surface area contributed by atoms with Gasteiger partial charge in [0.05, 0.1) is 0 Å². The van der Waals surface area contributed by atoms with Gasteiger partial charge in [0.25, 0.3) is 0 Å². The highest BCUT2D eigenvalue weighted by molar-refractivity contribution is 4.82. The fourth-order valence-electron chi connectivity index (χ4n) is 3.54. The summed E-state index contributed by atoms with van der Waals surface area (Å²) in [5, 5.41) is 0. The van der Waals surface area contributed by atoms with E-state index in [-0.39, 0.29) is 0 Å². The van der Waals surface area contributed by atoms with E-state index in [9.17, 15) is 0 Å².